The summed E-state index contributed by atoms with van der Waals surface area (Å²) in [4.78, 5) is 0. The summed E-state index contributed by atoms with van der Waals surface area (Å²) in [6, 6.07) is 1.24. The van der Waals surface area contributed by atoms with Crippen LogP contribution in [0.3, 0.4) is 0 Å². The van der Waals surface area contributed by atoms with Gasteiger partial charge in [-0.1, -0.05) is 6.08 Å². The highest BCUT2D eigenvalue weighted by Gasteiger charge is 2.12. The summed E-state index contributed by atoms with van der Waals surface area (Å²) in [6.07, 6.45) is 0.859. The number of hydrogen-bond donors (Lipinski definition) is 1. The van der Waals surface area contributed by atoms with E-state index in [1.807, 2.05) is 0 Å². The molecule has 15 heavy (non-hydrogen) atoms. The fourth-order valence-corrected chi connectivity index (χ4v) is 1.25. The van der Waals surface area contributed by atoms with E-state index in [2.05, 4.69) is 6.58 Å². The highest BCUT2D eigenvalue weighted by Crippen LogP contribution is 2.16. The van der Waals surface area contributed by atoms with Crippen LogP contribution in [0.25, 0.3) is 0 Å². The molecule has 1 rings (SSSR count). The van der Waals surface area contributed by atoms with Crippen molar-refractivity contribution in [2.75, 3.05) is 0 Å². The molecule has 0 radical (unpaired) electrons. The third-order valence-corrected chi connectivity index (χ3v) is 1.98. The number of aliphatic hydroxyl groups is 1. The molecule has 0 bridgehead atoms. The Labute approximate surface area is 85.9 Å². The number of benzene rings is 1. The van der Waals surface area contributed by atoms with Gasteiger partial charge in [0, 0.05) is 12.5 Å². The first kappa shape index (κ1) is 11.8. The van der Waals surface area contributed by atoms with Crippen LogP contribution in [0.4, 0.5) is 13.2 Å². The van der Waals surface area contributed by atoms with Crippen LogP contribution in [0.1, 0.15) is 12.0 Å². The molecule has 0 aliphatic heterocycles. The Morgan fingerprint density at radius 1 is 1.20 bits per heavy atom. The topological polar surface area (TPSA) is 20.2 Å². The van der Waals surface area contributed by atoms with Gasteiger partial charge < -0.3 is 5.11 Å². The number of rotatable bonds is 4. The minimum Gasteiger partial charge on any atom is -0.392 e. The monoisotopic (exact) mass is 216 g/mol. The highest BCUT2D eigenvalue weighted by atomic mass is 19.2. The lowest BCUT2D eigenvalue weighted by atomic mass is 10.0. The van der Waals surface area contributed by atoms with Gasteiger partial charge in [-0.15, -0.1) is 6.58 Å². The molecular formula is C11H11F3O. The first-order valence-corrected chi connectivity index (χ1v) is 4.47. The molecule has 0 saturated heterocycles. The molecular weight excluding hydrogens is 205 g/mol. The fraction of sp³-hybridized carbons (Fsp3) is 0.273. The maximum Gasteiger partial charge on any atom is 0.161 e. The van der Waals surface area contributed by atoms with Crippen molar-refractivity contribution in [2.45, 2.75) is 18.9 Å². The molecule has 1 atom stereocenters. The van der Waals surface area contributed by atoms with E-state index in [-0.39, 0.29) is 18.4 Å². The van der Waals surface area contributed by atoms with Gasteiger partial charge in [-0.05, 0) is 18.1 Å². The Hall–Kier alpha value is -1.29. The maximum absolute atomic E-state index is 13.1. The van der Waals surface area contributed by atoms with Gasteiger partial charge in [-0.2, -0.15) is 0 Å². The van der Waals surface area contributed by atoms with Crippen molar-refractivity contribution in [3.63, 3.8) is 0 Å². The van der Waals surface area contributed by atoms with Crippen molar-refractivity contribution in [2.24, 2.45) is 0 Å². The van der Waals surface area contributed by atoms with Crippen LogP contribution < -0.4 is 0 Å². The Morgan fingerprint density at radius 3 is 2.40 bits per heavy atom. The SMILES string of the molecule is C=CC[C@@H](O)Cc1cc(F)c(F)cc1F. The zero-order chi connectivity index (χ0) is 11.4. The van der Waals surface area contributed by atoms with Gasteiger partial charge in [0.15, 0.2) is 11.6 Å². The van der Waals surface area contributed by atoms with E-state index < -0.39 is 23.6 Å². The smallest absolute Gasteiger partial charge is 0.161 e. The molecule has 4 heteroatoms. The van der Waals surface area contributed by atoms with E-state index in [0.29, 0.717) is 6.07 Å². The second-order valence-electron chi connectivity index (χ2n) is 3.24. The predicted octanol–water partition coefficient (Wildman–Crippen LogP) is 2.58. The minimum atomic E-state index is -1.23. The lowest BCUT2D eigenvalue weighted by Crippen LogP contribution is -2.11. The van der Waals surface area contributed by atoms with Crippen molar-refractivity contribution in [3.05, 3.63) is 47.8 Å². The fourth-order valence-electron chi connectivity index (χ4n) is 1.25. The summed E-state index contributed by atoms with van der Waals surface area (Å²) in [5.41, 5.74) is -0.0387. The van der Waals surface area contributed by atoms with Crippen LogP contribution in [-0.2, 0) is 6.42 Å². The van der Waals surface area contributed by atoms with Crippen molar-refractivity contribution in [1.29, 1.82) is 0 Å². The highest BCUT2D eigenvalue weighted by molar-refractivity contribution is 5.20. The first-order chi connectivity index (χ1) is 7.04. The van der Waals surface area contributed by atoms with Crippen LogP contribution in [0, 0.1) is 17.5 Å². The number of halogens is 3. The predicted molar refractivity (Wildman–Crippen MR) is 50.8 cm³/mol. The maximum atomic E-state index is 13.1. The molecule has 0 heterocycles. The summed E-state index contributed by atoms with van der Waals surface area (Å²) < 4.78 is 38.4. The second-order valence-corrected chi connectivity index (χ2v) is 3.24. The van der Waals surface area contributed by atoms with Crippen molar-refractivity contribution < 1.29 is 18.3 Å². The average molecular weight is 216 g/mol. The molecule has 0 spiro atoms. The van der Waals surface area contributed by atoms with E-state index in [1.54, 1.807) is 0 Å². The van der Waals surface area contributed by atoms with Crippen LogP contribution in [0.5, 0.6) is 0 Å². The van der Waals surface area contributed by atoms with Crippen LogP contribution in [-0.4, -0.2) is 11.2 Å². The summed E-state index contributed by atoms with van der Waals surface area (Å²) in [6.45, 7) is 3.41. The molecule has 0 amide bonds. The normalized spacial score (nSPS) is 12.5. The lowest BCUT2D eigenvalue weighted by Gasteiger charge is -2.09. The molecule has 82 valence electrons. The molecule has 0 fully saturated rings. The molecule has 0 aliphatic rings. The second kappa shape index (κ2) is 4.98. The summed E-state index contributed by atoms with van der Waals surface area (Å²) in [5.74, 6) is -3.19. The van der Waals surface area contributed by atoms with Crippen molar-refractivity contribution in [1.82, 2.24) is 0 Å². The van der Waals surface area contributed by atoms with Crippen molar-refractivity contribution >= 4 is 0 Å². The van der Waals surface area contributed by atoms with E-state index in [9.17, 15) is 18.3 Å². The zero-order valence-electron chi connectivity index (χ0n) is 8.01. The van der Waals surface area contributed by atoms with Crippen LogP contribution in [0.2, 0.25) is 0 Å². The van der Waals surface area contributed by atoms with Gasteiger partial charge in [0.05, 0.1) is 6.10 Å². The van der Waals surface area contributed by atoms with Gasteiger partial charge in [0.25, 0.3) is 0 Å². The largest absolute Gasteiger partial charge is 0.392 e. The van der Waals surface area contributed by atoms with Gasteiger partial charge in [-0.25, -0.2) is 13.2 Å². The van der Waals surface area contributed by atoms with Gasteiger partial charge in [0.1, 0.15) is 5.82 Å². The summed E-state index contributed by atoms with van der Waals surface area (Å²) >= 11 is 0. The zero-order valence-corrected chi connectivity index (χ0v) is 8.01. The van der Waals surface area contributed by atoms with E-state index in [0.717, 1.165) is 6.07 Å². The van der Waals surface area contributed by atoms with Crippen molar-refractivity contribution in [3.8, 4) is 0 Å². The standard InChI is InChI=1S/C11H11F3O/c1-2-3-8(15)4-7-5-10(13)11(14)6-9(7)12/h2,5-6,8,15H,1,3-4H2/t8-/m1/s1. The average Bonchev–Trinajstić information content (AvgIpc) is 2.14. The molecule has 0 aliphatic carbocycles. The quantitative estimate of drug-likeness (QED) is 0.605. The van der Waals surface area contributed by atoms with Crippen LogP contribution in [0.15, 0.2) is 24.8 Å². The molecule has 0 saturated carbocycles. The van der Waals surface area contributed by atoms with Gasteiger partial charge in [-0.3, -0.25) is 0 Å². The summed E-state index contributed by atoms with van der Waals surface area (Å²) in [5, 5.41) is 9.33. The van der Waals surface area contributed by atoms with Gasteiger partial charge in [0.2, 0.25) is 0 Å². The Morgan fingerprint density at radius 2 is 1.80 bits per heavy atom. The molecule has 0 unspecified atom stereocenters. The van der Waals surface area contributed by atoms with Gasteiger partial charge >= 0.3 is 0 Å². The minimum absolute atomic E-state index is 0.0387. The summed E-state index contributed by atoms with van der Waals surface area (Å²) in [7, 11) is 0. The van der Waals surface area contributed by atoms with E-state index in [1.165, 1.54) is 6.08 Å². The van der Waals surface area contributed by atoms with E-state index >= 15 is 0 Å². The number of hydrogen-bond acceptors (Lipinski definition) is 1. The Balaban J connectivity index is 2.85. The third kappa shape index (κ3) is 3.09. The molecule has 1 N–H and O–H groups in total. The van der Waals surface area contributed by atoms with E-state index in [4.69, 9.17) is 0 Å². The lowest BCUT2D eigenvalue weighted by molar-refractivity contribution is 0.177. The molecule has 1 nitrogen and oxygen atoms in total. The molecule has 1 aromatic rings. The number of aliphatic hydroxyl groups excluding tert-OH is 1. The molecule has 0 aromatic heterocycles. The molecule has 1 aromatic carbocycles. The van der Waals surface area contributed by atoms with Crippen LogP contribution >= 0.6 is 0 Å². The Bertz CT molecular complexity index is 363. The Kier molecular flexibility index (Phi) is 3.91. The third-order valence-electron chi connectivity index (χ3n) is 1.98. The first-order valence-electron chi connectivity index (χ1n) is 4.47.